The number of rotatable bonds is 59. The topological polar surface area (TPSA) is 95.9 Å². The SMILES string of the molecule is CCCCCCCC/C=C\CCCCCCCCCC(=O)OCCCCCCCCCCCCCC/C=C\CCCCCCCCCCCCC(=O)NC(CO)C(O)/C=C/CCCCCCCCCCC. The van der Waals surface area contributed by atoms with Crippen molar-refractivity contribution in [3.8, 4) is 0 Å². The minimum atomic E-state index is -0.844. The predicted molar refractivity (Wildman–Crippen MR) is 310 cm³/mol. The smallest absolute Gasteiger partial charge is 0.305 e. The van der Waals surface area contributed by atoms with Crippen LogP contribution in [0.4, 0.5) is 0 Å². The Morgan fingerprint density at radius 3 is 1.00 bits per heavy atom. The lowest BCUT2D eigenvalue weighted by atomic mass is 10.0. The van der Waals surface area contributed by atoms with Crippen LogP contribution in [0, 0.1) is 0 Å². The van der Waals surface area contributed by atoms with E-state index >= 15 is 0 Å². The van der Waals surface area contributed by atoms with Crippen LogP contribution in [0.5, 0.6) is 0 Å². The molecule has 6 heteroatoms. The lowest BCUT2D eigenvalue weighted by Gasteiger charge is -2.20. The van der Waals surface area contributed by atoms with Gasteiger partial charge in [0.15, 0.2) is 0 Å². The normalized spacial score (nSPS) is 12.8. The highest BCUT2D eigenvalue weighted by atomic mass is 16.5. The first-order chi connectivity index (χ1) is 35.0. The number of aliphatic hydroxyl groups is 2. The largest absolute Gasteiger partial charge is 0.466 e. The molecule has 0 saturated heterocycles. The summed E-state index contributed by atoms with van der Waals surface area (Å²) in [4.78, 5) is 24.5. The van der Waals surface area contributed by atoms with Gasteiger partial charge in [0.2, 0.25) is 5.91 Å². The minimum absolute atomic E-state index is 0.0105. The number of unbranched alkanes of at least 4 members (excludes halogenated alkanes) is 44. The average Bonchev–Trinajstić information content (AvgIpc) is 3.37. The number of allylic oxidation sites excluding steroid dienone is 5. The first-order valence-corrected chi connectivity index (χ1v) is 31.8. The maximum absolute atomic E-state index is 12.4. The maximum atomic E-state index is 12.4. The fourth-order valence-electron chi connectivity index (χ4n) is 9.74. The van der Waals surface area contributed by atoms with Crippen molar-refractivity contribution < 1.29 is 24.5 Å². The van der Waals surface area contributed by atoms with Crippen LogP contribution in [0.2, 0.25) is 0 Å². The number of amides is 1. The van der Waals surface area contributed by atoms with E-state index in [0.717, 1.165) is 44.9 Å². The van der Waals surface area contributed by atoms with E-state index in [1.54, 1.807) is 6.08 Å². The zero-order valence-corrected chi connectivity index (χ0v) is 47.7. The van der Waals surface area contributed by atoms with Gasteiger partial charge in [0.1, 0.15) is 0 Å². The molecule has 0 aromatic heterocycles. The second-order valence-electron chi connectivity index (χ2n) is 21.7. The molecule has 0 heterocycles. The van der Waals surface area contributed by atoms with Crippen molar-refractivity contribution in [1.82, 2.24) is 5.32 Å². The van der Waals surface area contributed by atoms with E-state index in [1.807, 2.05) is 6.08 Å². The van der Waals surface area contributed by atoms with Gasteiger partial charge in [-0.1, -0.05) is 281 Å². The molecule has 0 aliphatic rings. The monoisotopic (exact) mass is 998 g/mol. The highest BCUT2D eigenvalue weighted by molar-refractivity contribution is 5.76. The number of aliphatic hydroxyl groups excluding tert-OH is 2. The number of hydrogen-bond acceptors (Lipinski definition) is 5. The van der Waals surface area contributed by atoms with Crippen LogP contribution in [-0.4, -0.2) is 47.4 Å². The molecule has 2 unspecified atom stereocenters. The Morgan fingerprint density at radius 1 is 0.380 bits per heavy atom. The molecule has 418 valence electrons. The summed E-state index contributed by atoms with van der Waals surface area (Å²) in [5.74, 6) is -0.0601. The molecule has 0 aliphatic carbocycles. The van der Waals surface area contributed by atoms with Gasteiger partial charge in [-0.3, -0.25) is 9.59 Å². The lowest BCUT2D eigenvalue weighted by molar-refractivity contribution is -0.143. The zero-order chi connectivity index (χ0) is 51.4. The van der Waals surface area contributed by atoms with E-state index in [0.29, 0.717) is 19.4 Å². The summed E-state index contributed by atoms with van der Waals surface area (Å²) in [7, 11) is 0. The van der Waals surface area contributed by atoms with Crippen molar-refractivity contribution in [3.05, 3.63) is 36.5 Å². The zero-order valence-electron chi connectivity index (χ0n) is 47.7. The number of esters is 1. The Kier molecular flexibility index (Phi) is 59.0. The van der Waals surface area contributed by atoms with Crippen LogP contribution in [0.25, 0.3) is 0 Å². The summed E-state index contributed by atoms with van der Waals surface area (Å²) in [6.07, 6.45) is 76.3. The molecule has 0 aliphatic heterocycles. The summed E-state index contributed by atoms with van der Waals surface area (Å²) < 4.78 is 5.49. The highest BCUT2D eigenvalue weighted by Crippen LogP contribution is 2.17. The van der Waals surface area contributed by atoms with Crippen LogP contribution in [0.3, 0.4) is 0 Å². The molecule has 6 nitrogen and oxygen atoms in total. The number of hydrogen-bond donors (Lipinski definition) is 3. The van der Waals surface area contributed by atoms with Crippen LogP contribution >= 0.6 is 0 Å². The van der Waals surface area contributed by atoms with E-state index in [4.69, 9.17) is 4.74 Å². The van der Waals surface area contributed by atoms with Crippen LogP contribution in [0.1, 0.15) is 341 Å². The molecular formula is C65H123NO5. The number of nitrogens with one attached hydrogen (secondary N) is 1. The Balaban J connectivity index is 3.38. The predicted octanol–water partition coefficient (Wildman–Crippen LogP) is 20.0. The molecule has 0 aromatic carbocycles. The number of carbonyl (C=O) groups is 2. The molecule has 0 radical (unpaired) electrons. The van der Waals surface area contributed by atoms with Gasteiger partial charge in [0.25, 0.3) is 0 Å². The molecular weight excluding hydrogens is 875 g/mol. The number of ether oxygens (including phenoxy) is 1. The Labute approximate surface area is 443 Å². The third kappa shape index (κ3) is 57.2. The second-order valence-corrected chi connectivity index (χ2v) is 21.7. The van der Waals surface area contributed by atoms with Gasteiger partial charge in [-0.15, -0.1) is 0 Å². The molecule has 0 aromatic rings. The van der Waals surface area contributed by atoms with Crippen molar-refractivity contribution in [1.29, 1.82) is 0 Å². The van der Waals surface area contributed by atoms with Crippen molar-refractivity contribution >= 4 is 11.9 Å². The van der Waals surface area contributed by atoms with Crippen LogP contribution in [-0.2, 0) is 14.3 Å². The van der Waals surface area contributed by atoms with Crippen molar-refractivity contribution in [2.24, 2.45) is 0 Å². The molecule has 0 fully saturated rings. The summed E-state index contributed by atoms with van der Waals surface area (Å²) in [5, 5.41) is 23.0. The summed E-state index contributed by atoms with van der Waals surface area (Å²) in [6, 6.07) is -0.628. The van der Waals surface area contributed by atoms with Gasteiger partial charge < -0.3 is 20.3 Å². The Hall–Kier alpha value is -1.92. The fraction of sp³-hybridized carbons (Fsp3) is 0.877. The summed E-state index contributed by atoms with van der Waals surface area (Å²) in [5.41, 5.74) is 0. The van der Waals surface area contributed by atoms with Crippen molar-refractivity contribution in [3.63, 3.8) is 0 Å². The van der Waals surface area contributed by atoms with E-state index in [9.17, 15) is 19.8 Å². The standard InChI is InChI=1S/C65H123NO5/c1-3-5-7-9-11-13-15-16-17-28-32-35-39-43-47-51-55-59-65(70)71-60-56-52-48-44-40-36-33-30-27-25-23-21-19-18-20-22-24-26-29-31-34-38-42-46-50-54-58-64(69)66-62(61-67)63(68)57-53-49-45-41-37-14-12-10-8-6-4-2/h16-18,20,53,57,62-63,67-68H,3-15,19,21-52,54-56,58-61H2,1-2H3,(H,66,69)/b17-16-,20-18-,57-53+. The minimum Gasteiger partial charge on any atom is -0.466 e. The van der Waals surface area contributed by atoms with E-state index < -0.39 is 12.1 Å². The average molecular weight is 999 g/mol. The number of carbonyl (C=O) groups excluding carboxylic acids is 2. The van der Waals surface area contributed by atoms with E-state index in [2.05, 4.69) is 43.5 Å². The van der Waals surface area contributed by atoms with E-state index in [1.165, 1.54) is 270 Å². The third-order valence-corrected chi connectivity index (χ3v) is 14.6. The van der Waals surface area contributed by atoms with Gasteiger partial charge in [-0.05, 0) is 83.5 Å². The van der Waals surface area contributed by atoms with Crippen LogP contribution in [0.15, 0.2) is 36.5 Å². The Bertz CT molecular complexity index is 1150. The summed E-state index contributed by atoms with van der Waals surface area (Å²) in [6.45, 7) is 4.90. The van der Waals surface area contributed by atoms with Gasteiger partial charge in [0.05, 0.1) is 25.4 Å². The van der Waals surface area contributed by atoms with Crippen molar-refractivity contribution in [2.75, 3.05) is 13.2 Å². The quantitative estimate of drug-likeness (QED) is 0.0321. The first-order valence-electron chi connectivity index (χ1n) is 31.8. The highest BCUT2D eigenvalue weighted by Gasteiger charge is 2.18. The van der Waals surface area contributed by atoms with Crippen molar-refractivity contribution in [2.45, 2.75) is 353 Å². The second kappa shape index (κ2) is 60.6. The van der Waals surface area contributed by atoms with E-state index in [-0.39, 0.29) is 18.5 Å². The Morgan fingerprint density at radius 2 is 0.662 bits per heavy atom. The molecule has 0 rings (SSSR count). The van der Waals surface area contributed by atoms with Crippen LogP contribution < -0.4 is 5.32 Å². The maximum Gasteiger partial charge on any atom is 0.305 e. The molecule has 0 bridgehead atoms. The van der Waals surface area contributed by atoms with Gasteiger partial charge in [-0.25, -0.2) is 0 Å². The molecule has 71 heavy (non-hydrogen) atoms. The van der Waals surface area contributed by atoms with Gasteiger partial charge >= 0.3 is 5.97 Å². The molecule has 0 saturated carbocycles. The fourth-order valence-corrected chi connectivity index (χ4v) is 9.74. The first kappa shape index (κ1) is 69.1. The molecule has 0 spiro atoms. The summed E-state index contributed by atoms with van der Waals surface area (Å²) >= 11 is 0. The lowest BCUT2D eigenvalue weighted by Crippen LogP contribution is -2.45. The molecule has 3 N–H and O–H groups in total. The third-order valence-electron chi connectivity index (χ3n) is 14.6. The molecule has 2 atom stereocenters. The van der Waals surface area contributed by atoms with Gasteiger partial charge in [0, 0.05) is 12.8 Å². The van der Waals surface area contributed by atoms with Gasteiger partial charge in [-0.2, -0.15) is 0 Å². The molecule has 1 amide bonds.